The Balaban J connectivity index is 1.99. The van der Waals surface area contributed by atoms with Crippen LogP contribution < -0.4 is 0 Å². The van der Waals surface area contributed by atoms with Crippen molar-refractivity contribution in [2.75, 3.05) is 19.6 Å². The maximum Gasteiger partial charge on any atom is 0.169 e. The molecule has 0 amide bonds. The minimum absolute atomic E-state index is 0.255. The number of carbonyl (C=O) groups excluding carboxylic acids is 1. The topological polar surface area (TPSA) is 20.3 Å². The first-order valence-corrected chi connectivity index (χ1v) is 7.85. The third-order valence-electron chi connectivity index (χ3n) is 4.46. The molecule has 0 unspecified atom stereocenters. The smallest absolute Gasteiger partial charge is 0.169 e. The van der Waals surface area contributed by atoms with Crippen molar-refractivity contribution in [3.8, 4) is 0 Å². The van der Waals surface area contributed by atoms with Crippen LogP contribution in [0.3, 0.4) is 0 Å². The molecule has 2 heteroatoms. The highest BCUT2D eigenvalue weighted by Gasteiger charge is 2.31. The molecule has 0 aliphatic heterocycles. The van der Waals surface area contributed by atoms with Crippen molar-refractivity contribution in [1.29, 1.82) is 0 Å². The van der Waals surface area contributed by atoms with Gasteiger partial charge in [0.1, 0.15) is 0 Å². The number of hydrogen-bond acceptors (Lipinski definition) is 2. The lowest BCUT2D eigenvalue weighted by Crippen LogP contribution is -2.42. The average molecular weight is 273 g/mol. The Labute approximate surface area is 123 Å². The van der Waals surface area contributed by atoms with E-state index < -0.39 is 0 Å². The molecule has 1 aromatic carbocycles. The largest absolute Gasteiger partial charge is 0.302 e. The molecular weight excluding hydrogens is 246 g/mol. The van der Waals surface area contributed by atoms with Crippen LogP contribution in [0.4, 0.5) is 0 Å². The molecule has 1 aliphatic carbocycles. The van der Waals surface area contributed by atoms with Gasteiger partial charge in [-0.25, -0.2) is 0 Å². The van der Waals surface area contributed by atoms with Gasteiger partial charge in [-0.2, -0.15) is 0 Å². The van der Waals surface area contributed by atoms with Crippen molar-refractivity contribution in [3.05, 3.63) is 35.9 Å². The molecule has 2 rings (SSSR count). The van der Waals surface area contributed by atoms with Crippen LogP contribution in [-0.4, -0.2) is 30.3 Å². The summed E-state index contributed by atoms with van der Waals surface area (Å²) in [6.07, 6.45) is 4.11. The molecule has 0 atom stereocenters. The van der Waals surface area contributed by atoms with Crippen LogP contribution in [0.15, 0.2) is 30.3 Å². The summed E-state index contributed by atoms with van der Waals surface area (Å²) in [6, 6.07) is 9.68. The van der Waals surface area contributed by atoms with E-state index in [2.05, 4.69) is 25.7 Å². The van der Waals surface area contributed by atoms with E-state index in [9.17, 15) is 4.79 Å². The molecular formula is C18H27NO. The predicted octanol–water partition coefficient (Wildman–Crippen LogP) is 4.02. The van der Waals surface area contributed by atoms with Gasteiger partial charge in [-0.1, -0.05) is 57.5 Å². The Morgan fingerprint density at radius 1 is 1.25 bits per heavy atom. The maximum atomic E-state index is 12.7. The van der Waals surface area contributed by atoms with Gasteiger partial charge in [0, 0.05) is 24.1 Å². The zero-order valence-electron chi connectivity index (χ0n) is 13.1. The summed E-state index contributed by atoms with van der Waals surface area (Å²) in [5, 5.41) is 0. The monoisotopic (exact) mass is 273 g/mol. The van der Waals surface area contributed by atoms with Crippen molar-refractivity contribution in [2.24, 2.45) is 11.3 Å². The van der Waals surface area contributed by atoms with Crippen LogP contribution in [-0.2, 0) is 0 Å². The van der Waals surface area contributed by atoms with Gasteiger partial charge in [0.05, 0.1) is 0 Å². The highest BCUT2D eigenvalue weighted by molar-refractivity contribution is 6.00. The Morgan fingerprint density at radius 2 is 1.90 bits per heavy atom. The molecule has 0 heterocycles. The first kappa shape index (κ1) is 15.2. The van der Waals surface area contributed by atoms with Gasteiger partial charge < -0.3 is 4.90 Å². The van der Waals surface area contributed by atoms with Crippen molar-refractivity contribution in [1.82, 2.24) is 4.90 Å². The molecule has 1 fully saturated rings. The normalized spacial score (nSPS) is 16.2. The second-order valence-corrected chi connectivity index (χ2v) is 6.70. The minimum atomic E-state index is -0.318. The van der Waals surface area contributed by atoms with Gasteiger partial charge in [0.15, 0.2) is 5.78 Å². The van der Waals surface area contributed by atoms with Gasteiger partial charge in [-0.3, -0.25) is 4.79 Å². The number of carbonyl (C=O) groups is 1. The number of benzene rings is 1. The lowest BCUT2D eigenvalue weighted by molar-refractivity contribution is 0.0731. The summed E-state index contributed by atoms with van der Waals surface area (Å²) in [7, 11) is 0. The van der Waals surface area contributed by atoms with E-state index in [4.69, 9.17) is 0 Å². The molecule has 0 bridgehead atoms. The summed E-state index contributed by atoms with van der Waals surface area (Å²) in [4.78, 5) is 15.1. The Bertz CT molecular complexity index is 434. The van der Waals surface area contributed by atoms with Crippen LogP contribution in [0.1, 0.15) is 50.4 Å². The molecule has 1 aromatic rings. The molecule has 0 aromatic heterocycles. The average Bonchev–Trinajstić information content (AvgIpc) is 2.41. The van der Waals surface area contributed by atoms with Crippen molar-refractivity contribution < 1.29 is 4.79 Å². The molecule has 0 saturated heterocycles. The molecule has 0 N–H and O–H groups in total. The summed E-state index contributed by atoms with van der Waals surface area (Å²) in [6.45, 7) is 9.39. The van der Waals surface area contributed by atoms with Gasteiger partial charge in [-0.15, -0.1) is 0 Å². The van der Waals surface area contributed by atoms with Crippen molar-refractivity contribution in [2.45, 2.75) is 40.0 Å². The number of rotatable bonds is 7. The lowest BCUT2D eigenvalue weighted by atomic mass is 9.82. The van der Waals surface area contributed by atoms with Crippen molar-refractivity contribution >= 4 is 5.78 Å². The molecule has 20 heavy (non-hydrogen) atoms. The Hall–Kier alpha value is -1.15. The first-order chi connectivity index (χ1) is 9.53. The van der Waals surface area contributed by atoms with Gasteiger partial charge in [-0.05, 0) is 25.3 Å². The second kappa shape index (κ2) is 6.53. The molecule has 0 spiro atoms. The third kappa shape index (κ3) is 3.69. The maximum absolute atomic E-state index is 12.7. The van der Waals surface area contributed by atoms with E-state index in [1.54, 1.807) is 0 Å². The van der Waals surface area contributed by atoms with Crippen LogP contribution in [0.5, 0.6) is 0 Å². The number of ketones is 1. The second-order valence-electron chi connectivity index (χ2n) is 6.70. The van der Waals surface area contributed by atoms with Gasteiger partial charge in [0.2, 0.25) is 0 Å². The van der Waals surface area contributed by atoms with E-state index in [0.29, 0.717) is 0 Å². The lowest BCUT2D eigenvalue weighted by Gasteiger charge is -2.36. The zero-order valence-corrected chi connectivity index (χ0v) is 13.1. The van der Waals surface area contributed by atoms with Crippen LogP contribution >= 0.6 is 0 Å². The molecule has 2 nitrogen and oxygen atoms in total. The summed E-state index contributed by atoms with van der Waals surface area (Å²) in [5.74, 6) is 1.11. The number of Topliss-reactive ketones (excluding diaryl/α,β-unsaturated/α-hetero) is 1. The van der Waals surface area contributed by atoms with Crippen LogP contribution in [0, 0.1) is 11.3 Å². The van der Waals surface area contributed by atoms with Crippen LogP contribution in [0.2, 0.25) is 0 Å². The highest BCUT2D eigenvalue weighted by atomic mass is 16.1. The van der Waals surface area contributed by atoms with Crippen LogP contribution in [0.25, 0.3) is 0 Å². The van der Waals surface area contributed by atoms with Crippen molar-refractivity contribution in [3.63, 3.8) is 0 Å². The predicted molar refractivity (Wildman–Crippen MR) is 84.0 cm³/mol. The van der Waals surface area contributed by atoms with E-state index >= 15 is 0 Å². The van der Waals surface area contributed by atoms with Gasteiger partial charge >= 0.3 is 0 Å². The Morgan fingerprint density at radius 3 is 2.40 bits per heavy atom. The molecule has 0 radical (unpaired) electrons. The fourth-order valence-corrected chi connectivity index (χ4v) is 2.96. The fourth-order valence-electron chi connectivity index (χ4n) is 2.96. The SMILES string of the molecule is CCN(CC1CCC1)CC(C)(C)C(=O)c1ccccc1. The standard InChI is InChI=1S/C18H27NO/c1-4-19(13-15-9-8-10-15)14-18(2,3)17(20)16-11-6-5-7-12-16/h5-7,11-12,15H,4,8-10,13-14H2,1-3H3. The quantitative estimate of drug-likeness (QED) is 0.699. The van der Waals surface area contributed by atoms with Gasteiger partial charge in [0.25, 0.3) is 0 Å². The molecule has 110 valence electrons. The van der Waals surface area contributed by atoms with E-state index in [1.165, 1.54) is 19.3 Å². The highest BCUT2D eigenvalue weighted by Crippen LogP contribution is 2.29. The third-order valence-corrected chi connectivity index (χ3v) is 4.46. The summed E-state index contributed by atoms with van der Waals surface area (Å²) in [5.41, 5.74) is 0.512. The van der Waals surface area contributed by atoms with E-state index in [-0.39, 0.29) is 11.2 Å². The first-order valence-electron chi connectivity index (χ1n) is 7.85. The zero-order chi connectivity index (χ0) is 14.6. The van der Waals surface area contributed by atoms with E-state index in [1.807, 2.05) is 30.3 Å². The number of hydrogen-bond donors (Lipinski definition) is 0. The molecule has 1 aliphatic rings. The Kier molecular flexibility index (Phi) is 4.98. The molecule has 1 saturated carbocycles. The van der Waals surface area contributed by atoms with E-state index in [0.717, 1.165) is 31.1 Å². The number of nitrogens with zero attached hydrogens (tertiary/aromatic N) is 1. The fraction of sp³-hybridized carbons (Fsp3) is 0.611. The minimum Gasteiger partial charge on any atom is -0.302 e. The summed E-state index contributed by atoms with van der Waals surface area (Å²) >= 11 is 0. The summed E-state index contributed by atoms with van der Waals surface area (Å²) < 4.78 is 0.